The molecule has 1 aromatic carbocycles. The molecule has 3 heterocycles. The fourth-order valence-corrected chi connectivity index (χ4v) is 4.86. The molecule has 6 heteroatoms. The van der Waals surface area contributed by atoms with Crippen LogP contribution in [0.5, 0.6) is 0 Å². The van der Waals surface area contributed by atoms with E-state index in [1.54, 1.807) is 30.1 Å². The van der Waals surface area contributed by atoms with Crippen LogP contribution >= 0.6 is 11.3 Å². The summed E-state index contributed by atoms with van der Waals surface area (Å²) in [5.41, 5.74) is 0.555. The highest BCUT2D eigenvalue weighted by atomic mass is 32.1. The summed E-state index contributed by atoms with van der Waals surface area (Å²) < 4.78 is 0. The Balaban J connectivity index is 1.62. The zero-order valence-corrected chi connectivity index (χ0v) is 15.9. The standard InChI is InChI=1S/C20H23N3O2S/c1-20(2)19(25)21-14-7-3-4-8-15(14)23(20)18(24)13-22-11-5-9-16(22)17-10-6-12-26-17/h3-4,6-8,10,12,16H,5,9,11,13H2,1-2H3,(H,21,25)/t16-/m0/s1. The first-order valence-corrected chi connectivity index (χ1v) is 9.87. The molecule has 1 saturated heterocycles. The number of rotatable bonds is 3. The summed E-state index contributed by atoms with van der Waals surface area (Å²) in [5.74, 6) is -0.179. The number of para-hydroxylation sites is 2. The van der Waals surface area contributed by atoms with Gasteiger partial charge in [-0.25, -0.2) is 0 Å². The van der Waals surface area contributed by atoms with Gasteiger partial charge in [0.25, 0.3) is 0 Å². The largest absolute Gasteiger partial charge is 0.322 e. The molecular formula is C20H23N3O2S. The van der Waals surface area contributed by atoms with Gasteiger partial charge < -0.3 is 5.32 Å². The summed E-state index contributed by atoms with van der Waals surface area (Å²) in [4.78, 5) is 31.1. The molecule has 1 N–H and O–H groups in total. The van der Waals surface area contributed by atoms with E-state index in [1.807, 2.05) is 24.3 Å². The molecule has 0 spiro atoms. The van der Waals surface area contributed by atoms with Gasteiger partial charge in [-0.1, -0.05) is 18.2 Å². The van der Waals surface area contributed by atoms with Gasteiger partial charge in [-0.05, 0) is 56.8 Å². The first-order chi connectivity index (χ1) is 12.5. The normalized spacial score (nSPS) is 22.2. The summed E-state index contributed by atoms with van der Waals surface area (Å²) in [6.07, 6.45) is 2.17. The number of thiophene rings is 1. The first-order valence-electron chi connectivity index (χ1n) is 8.99. The van der Waals surface area contributed by atoms with Crippen LogP contribution in [0.3, 0.4) is 0 Å². The van der Waals surface area contributed by atoms with E-state index >= 15 is 0 Å². The third-order valence-electron chi connectivity index (χ3n) is 5.33. The Kier molecular flexibility index (Phi) is 4.32. The van der Waals surface area contributed by atoms with Crippen molar-refractivity contribution in [2.75, 3.05) is 23.3 Å². The van der Waals surface area contributed by atoms with E-state index in [2.05, 4.69) is 27.7 Å². The molecule has 2 aromatic rings. The van der Waals surface area contributed by atoms with Crippen molar-refractivity contribution in [1.82, 2.24) is 4.90 Å². The molecule has 2 amide bonds. The Morgan fingerprint density at radius 1 is 1.27 bits per heavy atom. The average Bonchev–Trinajstić information content (AvgIpc) is 3.26. The van der Waals surface area contributed by atoms with Gasteiger partial charge in [0.1, 0.15) is 5.54 Å². The summed E-state index contributed by atoms with van der Waals surface area (Å²) in [6.45, 7) is 4.85. The van der Waals surface area contributed by atoms with Crippen LogP contribution in [-0.2, 0) is 9.59 Å². The molecule has 0 saturated carbocycles. The average molecular weight is 369 g/mol. The minimum absolute atomic E-state index is 0.0271. The van der Waals surface area contributed by atoms with Crippen LogP contribution in [0, 0.1) is 0 Å². The monoisotopic (exact) mass is 369 g/mol. The van der Waals surface area contributed by atoms with Gasteiger partial charge in [-0.15, -0.1) is 11.3 Å². The fraction of sp³-hybridized carbons (Fsp3) is 0.400. The lowest BCUT2D eigenvalue weighted by atomic mass is 9.96. The van der Waals surface area contributed by atoms with E-state index in [9.17, 15) is 9.59 Å². The van der Waals surface area contributed by atoms with Crippen LogP contribution in [0.25, 0.3) is 0 Å². The van der Waals surface area contributed by atoms with Gasteiger partial charge in [0.2, 0.25) is 11.8 Å². The Morgan fingerprint density at radius 3 is 2.85 bits per heavy atom. The van der Waals surface area contributed by atoms with Crippen molar-refractivity contribution >= 4 is 34.5 Å². The number of carbonyl (C=O) groups excluding carboxylic acids is 2. The minimum atomic E-state index is -0.913. The van der Waals surface area contributed by atoms with Crippen LogP contribution in [0.2, 0.25) is 0 Å². The quantitative estimate of drug-likeness (QED) is 0.898. The van der Waals surface area contributed by atoms with Crippen LogP contribution in [0.4, 0.5) is 11.4 Å². The van der Waals surface area contributed by atoms with Gasteiger partial charge >= 0.3 is 0 Å². The molecule has 136 valence electrons. The zero-order valence-electron chi connectivity index (χ0n) is 15.1. The summed E-state index contributed by atoms with van der Waals surface area (Å²) >= 11 is 1.74. The van der Waals surface area contributed by atoms with Crippen LogP contribution in [0.15, 0.2) is 41.8 Å². The van der Waals surface area contributed by atoms with Crippen LogP contribution < -0.4 is 10.2 Å². The van der Waals surface area contributed by atoms with E-state index in [0.29, 0.717) is 18.3 Å². The predicted octanol–water partition coefficient (Wildman–Crippen LogP) is 3.65. The van der Waals surface area contributed by atoms with Crippen molar-refractivity contribution in [3.05, 3.63) is 46.7 Å². The number of nitrogens with zero attached hydrogens (tertiary/aromatic N) is 2. The molecule has 0 unspecified atom stereocenters. The maximum Gasteiger partial charge on any atom is 0.250 e. The maximum absolute atomic E-state index is 13.3. The molecule has 2 aliphatic heterocycles. The van der Waals surface area contributed by atoms with Crippen LogP contribution in [-0.4, -0.2) is 35.3 Å². The molecular weight excluding hydrogens is 346 g/mol. The molecule has 4 rings (SSSR count). The Labute approximate surface area is 157 Å². The lowest BCUT2D eigenvalue weighted by Gasteiger charge is -2.42. The van der Waals surface area contributed by atoms with Gasteiger partial charge in [0, 0.05) is 10.9 Å². The number of likely N-dealkylation sites (tertiary alicyclic amines) is 1. The first kappa shape index (κ1) is 17.2. The molecule has 1 atom stereocenters. The highest BCUT2D eigenvalue weighted by Gasteiger charge is 2.44. The lowest BCUT2D eigenvalue weighted by molar-refractivity contribution is -0.127. The van der Waals surface area contributed by atoms with E-state index in [0.717, 1.165) is 25.1 Å². The highest BCUT2D eigenvalue weighted by Crippen LogP contribution is 2.38. The second kappa shape index (κ2) is 6.52. The van der Waals surface area contributed by atoms with Crippen molar-refractivity contribution in [1.29, 1.82) is 0 Å². The molecule has 0 aliphatic carbocycles. The minimum Gasteiger partial charge on any atom is -0.322 e. The third-order valence-corrected chi connectivity index (χ3v) is 6.30. The molecule has 0 bridgehead atoms. The topological polar surface area (TPSA) is 52.7 Å². The summed E-state index contributed by atoms with van der Waals surface area (Å²) in [6, 6.07) is 12.0. The number of anilines is 2. The summed E-state index contributed by atoms with van der Waals surface area (Å²) in [7, 11) is 0. The van der Waals surface area contributed by atoms with E-state index in [-0.39, 0.29) is 11.8 Å². The Hall–Kier alpha value is -2.18. The molecule has 1 fully saturated rings. The molecule has 0 radical (unpaired) electrons. The zero-order chi connectivity index (χ0) is 18.3. The van der Waals surface area contributed by atoms with Crippen LogP contribution in [0.1, 0.15) is 37.6 Å². The fourth-order valence-electron chi connectivity index (χ4n) is 3.96. The number of hydrogen-bond donors (Lipinski definition) is 1. The number of amides is 2. The van der Waals surface area contributed by atoms with E-state index in [1.165, 1.54) is 4.88 Å². The second-order valence-electron chi connectivity index (χ2n) is 7.40. The summed E-state index contributed by atoms with van der Waals surface area (Å²) in [5, 5.41) is 5.00. The third kappa shape index (κ3) is 2.83. The smallest absolute Gasteiger partial charge is 0.250 e. The molecule has 1 aromatic heterocycles. The van der Waals surface area contributed by atoms with Crippen molar-refractivity contribution in [3.63, 3.8) is 0 Å². The van der Waals surface area contributed by atoms with Crippen molar-refractivity contribution in [2.24, 2.45) is 0 Å². The number of nitrogens with one attached hydrogen (secondary N) is 1. The van der Waals surface area contributed by atoms with Gasteiger partial charge in [0.15, 0.2) is 0 Å². The maximum atomic E-state index is 13.3. The number of hydrogen-bond acceptors (Lipinski definition) is 4. The SMILES string of the molecule is CC1(C)C(=O)Nc2ccccc2N1C(=O)CN1CCC[C@H]1c1cccs1. The Morgan fingerprint density at radius 2 is 2.08 bits per heavy atom. The number of carbonyl (C=O) groups is 2. The predicted molar refractivity (Wildman–Crippen MR) is 105 cm³/mol. The van der Waals surface area contributed by atoms with Gasteiger partial charge in [-0.3, -0.25) is 19.4 Å². The van der Waals surface area contributed by atoms with Crippen molar-refractivity contribution in [2.45, 2.75) is 38.3 Å². The van der Waals surface area contributed by atoms with Gasteiger partial charge in [-0.2, -0.15) is 0 Å². The molecule has 26 heavy (non-hydrogen) atoms. The second-order valence-corrected chi connectivity index (χ2v) is 8.38. The molecule has 2 aliphatic rings. The molecule has 5 nitrogen and oxygen atoms in total. The highest BCUT2D eigenvalue weighted by molar-refractivity contribution is 7.10. The lowest BCUT2D eigenvalue weighted by Crippen LogP contribution is -2.60. The Bertz CT molecular complexity index is 831. The van der Waals surface area contributed by atoms with E-state index < -0.39 is 5.54 Å². The number of benzene rings is 1. The van der Waals surface area contributed by atoms with Crippen molar-refractivity contribution < 1.29 is 9.59 Å². The number of fused-ring (bicyclic) bond motifs is 1. The van der Waals surface area contributed by atoms with Gasteiger partial charge in [0.05, 0.1) is 17.9 Å². The van der Waals surface area contributed by atoms with Crippen molar-refractivity contribution in [3.8, 4) is 0 Å². The van der Waals surface area contributed by atoms with E-state index in [4.69, 9.17) is 0 Å².